The molecule has 5 heteroatoms. The lowest BCUT2D eigenvalue weighted by molar-refractivity contribution is 0.193. The second-order valence-corrected chi connectivity index (χ2v) is 7.47. The minimum Gasteiger partial charge on any atom is -0.493 e. The van der Waals surface area contributed by atoms with Crippen LogP contribution < -0.4 is 15.0 Å². The summed E-state index contributed by atoms with van der Waals surface area (Å²) in [5, 5.41) is 3.02. The predicted octanol–water partition coefficient (Wildman–Crippen LogP) is 3.91. The number of benzene rings is 2. The number of carbonyl (C=O) groups is 1. The van der Waals surface area contributed by atoms with Crippen LogP contribution in [0.3, 0.4) is 0 Å². The van der Waals surface area contributed by atoms with E-state index in [1.165, 1.54) is 11.3 Å². The molecule has 0 aromatic heterocycles. The summed E-state index contributed by atoms with van der Waals surface area (Å²) in [6, 6.07) is 14.7. The van der Waals surface area contributed by atoms with Crippen LogP contribution >= 0.6 is 0 Å². The third-order valence-corrected chi connectivity index (χ3v) is 5.19. The first kappa shape index (κ1) is 20.1. The summed E-state index contributed by atoms with van der Waals surface area (Å²) in [5.74, 6) is 0.959. The number of nitrogens with one attached hydrogen (secondary N) is 1. The summed E-state index contributed by atoms with van der Waals surface area (Å²) in [6.07, 6.45) is 0.794. The minimum absolute atomic E-state index is 0.0240. The molecule has 3 rings (SSSR count). The molecule has 1 aliphatic heterocycles. The summed E-state index contributed by atoms with van der Waals surface area (Å²) >= 11 is 0. The molecular formula is C23H31N3O2. The molecule has 0 aliphatic carbocycles. The van der Waals surface area contributed by atoms with Crippen LogP contribution in [0.2, 0.25) is 0 Å². The first-order valence-electron chi connectivity index (χ1n) is 10.1. The first-order valence-corrected chi connectivity index (χ1v) is 10.1. The molecule has 150 valence electrons. The highest BCUT2D eigenvalue weighted by Crippen LogP contribution is 2.22. The van der Waals surface area contributed by atoms with E-state index in [1.54, 1.807) is 0 Å². The van der Waals surface area contributed by atoms with E-state index < -0.39 is 0 Å². The molecule has 2 aromatic carbocycles. The fraction of sp³-hybridized carbons (Fsp3) is 0.435. The lowest BCUT2D eigenvalue weighted by atomic mass is 10.1. The SMILES string of the molecule is Cc1cccc(N2CCN(C(=O)NCCCOc3c(C)cccc3C)CC2)c1. The first-order chi connectivity index (χ1) is 13.5. The number of anilines is 1. The Kier molecular flexibility index (Phi) is 6.80. The van der Waals surface area contributed by atoms with Gasteiger partial charge in [0, 0.05) is 38.4 Å². The minimum atomic E-state index is 0.0240. The van der Waals surface area contributed by atoms with E-state index in [0.29, 0.717) is 13.2 Å². The van der Waals surface area contributed by atoms with Gasteiger partial charge in [-0.1, -0.05) is 30.3 Å². The zero-order valence-corrected chi connectivity index (χ0v) is 17.2. The molecule has 0 unspecified atom stereocenters. The van der Waals surface area contributed by atoms with Crippen molar-refractivity contribution in [3.8, 4) is 5.75 Å². The summed E-state index contributed by atoms with van der Waals surface area (Å²) in [7, 11) is 0. The van der Waals surface area contributed by atoms with E-state index in [1.807, 2.05) is 11.0 Å². The van der Waals surface area contributed by atoms with Gasteiger partial charge < -0.3 is 19.9 Å². The molecule has 2 amide bonds. The quantitative estimate of drug-likeness (QED) is 0.772. The van der Waals surface area contributed by atoms with Gasteiger partial charge in [0.15, 0.2) is 0 Å². The predicted molar refractivity (Wildman–Crippen MR) is 114 cm³/mol. The van der Waals surface area contributed by atoms with E-state index in [2.05, 4.69) is 67.4 Å². The number of hydrogen-bond acceptors (Lipinski definition) is 3. The van der Waals surface area contributed by atoms with Crippen molar-refractivity contribution in [3.63, 3.8) is 0 Å². The van der Waals surface area contributed by atoms with Crippen LogP contribution in [0.15, 0.2) is 42.5 Å². The summed E-state index contributed by atoms with van der Waals surface area (Å²) in [6.45, 7) is 10.7. The highest BCUT2D eigenvalue weighted by atomic mass is 16.5. The Morgan fingerprint density at radius 1 is 1.00 bits per heavy atom. The molecule has 1 N–H and O–H groups in total. The molecule has 0 atom stereocenters. The Bertz CT molecular complexity index is 778. The maximum Gasteiger partial charge on any atom is 0.317 e. The summed E-state index contributed by atoms with van der Waals surface area (Å²) < 4.78 is 5.90. The zero-order chi connectivity index (χ0) is 19.9. The fourth-order valence-electron chi connectivity index (χ4n) is 3.57. The van der Waals surface area contributed by atoms with Crippen LogP contribution in [0.5, 0.6) is 5.75 Å². The second kappa shape index (κ2) is 9.49. The van der Waals surface area contributed by atoms with E-state index in [9.17, 15) is 4.79 Å². The molecule has 1 saturated heterocycles. The number of piperazine rings is 1. The Labute approximate surface area is 168 Å². The molecule has 1 aliphatic rings. The van der Waals surface area contributed by atoms with Crippen LogP contribution in [-0.4, -0.2) is 50.3 Å². The topological polar surface area (TPSA) is 44.8 Å². The molecular weight excluding hydrogens is 350 g/mol. The van der Waals surface area contributed by atoms with Crippen molar-refractivity contribution in [3.05, 3.63) is 59.2 Å². The van der Waals surface area contributed by atoms with Crippen molar-refractivity contribution in [2.24, 2.45) is 0 Å². The van der Waals surface area contributed by atoms with Gasteiger partial charge >= 0.3 is 6.03 Å². The number of para-hydroxylation sites is 1. The zero-order valence-electron chi connectivity index (χ0n) is 17.2. The third-order valence-electron chi connectivity index (χ3n) is 5.19. The molecule has 0 saturated carbocycles. The molecule has 5 nitrogen and oxygen atoms in total. The Hall–Kier alpha value is -2.69. The lowest BCUT2D eigenvalue weighted by Crippen LogP contribution is -2.52. The number of aryl methyl sites for hydroxylation is 3. The van der Waals surface area contributed by atoms with Crippen LogP contribution in [0.25, 0.3) is 0 Å². The van der Waals surface area contributed by atoms with Crippen LogP contribution in [0.4, 0.5) is 10.5 Å². The van der Waals surface area contributed by atoms with Crippen molar-refractivity contribution in [1.29, 1.82) is 0 Å². The Morgan fingerprint density at radius 2 is 1.68 bits per heavy atom. The fourth-order valence-corrected chi connectivity index (χ4v) is 3.57. The molecule has 1 heterocycles. The van der Waals surface area contributed by atoms with Gasteiger partial charge in [0.25, 0.3) is 0 Å². The van der Waals surface area contributed by atoms with Crippen LogP contribution in [0, 0.1) is 20.8 Å². The number of urea groups is 1. The molecule has 28 heavy (non-hydrogen) atoms. The van der Waals surface area contributed by atoms with Crippen LogP contribution in [0.1, 0.15) is 23.1 Å². The average Bonchev–Trinajstić information content (AvgIpc) is 2.69. The number of hydrogen-bond donors (Lipinski definition) is 1. The molecule has 0 radical (unpaired) electrons. The van der Waals surface area contributed by atoms with Gasteiger partial charge in [0.2, 0.25) is 0 Å². The van der Waals surface area contributed by atoms with Crippen molar-refractivity contribution in [2.75, 3.05) is 44.2 Å². The van der Waals surface area contributed by atoms with Gasteiger partial charge in [-0.25, -0.2) is 4.79 Å². The number of rotatable bonds is 6. The largest absolute Gasteiger partial charge is 0.493 e. The van der Waals surface area contributed by atoms with E-state index in [4.69, 9.17) is 4.74 Å². The second-order valence-electron chi connectivity index (χ2n) is 7.47. The molecule has 2 aromatic rings. The van der Waals surface area contributed by atoms with Crippen molar-refractivity contribution in [1.82, 2.24) is 10.2 Å². The average molecular weight is 382 g/mol. The monoisotopic (exact) mass is 381 g/mol. The highest BCUT2D eigenvalue weighted by molar-refractivity contribution is 5.74. The van der Waals surface area contributed by atoms with E-state index in [-0.39, 0.29) is 6.03 Å². The van der Waals surface area contributed by atoms with E-state index >= 15 is 0 Å². The number of ether oxygens (including phenoxy) is 1. The van der Waals surface area contributed by atoms with Crippen molar-refractivity contribution < 1.29 is 9.53 Å². The molecule has 0 bridgehead atoms. The highest BCUT2D eigenvalue weighted by Gasteiger charge is 2.20. The smallest absolute Gasteiger partial charge is 0.317 e. The van der Waals surface area contributed by atoms with Crippen LogP contribution in [-0.2, 0) is 0 Å². The Morgan fingerprint density at radius 3 is 2.36 bits per heavy atom. The molecule has 1 fully saturated rings. The van der Waals surface area contributed by atoms with Crippen molar-refractivity contribution >= 4 is 11.7 Å². The standard InChI is InChI=1S/C23H31N3O2/c1-18-7-4-10-21(17-18)25-12-14-26(15-13-25)23(27)24-11-6-16-28-22-19(2)8-5-9-20(22)3/h4-5,7-10,17H,6,11-16H2,1-3H3,(H,24,27). The summed E-state index contributed by atoms with van der Waals surface area (Å²) in [4.78, 5) is 16.6. The Balaban J connectivity index is 1.36. The lowest BCUT2D eigenvalue weighted by Gasteiger charge is -2.36. The van der Waals surface area contributed by atoms with Gasteiger partial charge in [0.1, 0.15) is 5.75 Å². The number of nitrogens with zero attached hydrogens (tertiary/aromatic N) is 2. The van der Waals surface area contributed by atoms with Gasteiger partial charge in [-0.2, -0.15) is 0 Å². The van der Waals surface area contributed by atoms with Gasteiger partial charge in [0.05, 0.1) is 6.61 Å². The van der Waals surface area contributed by atoms with Gasteiger partial charge in [-0.05, 0) is 56.0 Å². The maximum atomic E-state index is 12.4. The third kappa shape index (κ3) is 5.18. The van der Waals surface area contributed by atoms with Gasteiger partial charge in [-0.15, -0.1) is 0 Å². The number of carbonyl (C=O) groups excluding carboxylic acids is 1. The number of amides is 2. The normalized spacial score (nSPS) is 14.1. The maximum absolute atomic E-state index is 12.4. The summed E-state index contributed by atoms with van der Waals surface area (Å²) in [5.41, 5.74) is 4.80. The molecule has 0 spiro atoms. The van der Waals surface area contributed by atoms with E-state index in [0.717, 1.165) is 49.5 Å². The van der Waals surface area contributed by atoms with Crippen molar-refractivity contribution in [2.45, 2.75) is 27.2 Å². The van der Waals surface area contributed by atoms with Gasteiger partial charge in [-0.3, -0.25) is 0 Å².